The van der Waals surface area contributed by atoms with E-state index in [0.29, 0.717) is 10.6 Å². The second-order valence-electron chi connectivity index (χ2n) is 8.05. The second kappa shape index (κ2) is 8.28. The molecular formula is C26H26N4OS. The summed E-state index contributed by atoms with van der Waals surface area (Å²) in [6.07, 6.45) is 3.17. The number of amides is 1. The van der Waals surface area contributed by atoms with E-state index in [1.807, 2.05) is 30.3 Å². The quantitative estimate of drug-likeness (QED) is 0.311. The van der Waals surface area contributed by atoms with Crippen LogP contribution in [0.3, 0.4) is 0 Å². The SMILES string of the molecule is CCCCc1ccc2c(N)c(C(=O)Nc3ccc4c(c3)c3ccccc3n4CC)sc2n1. The predicted octanol–water partition coefficient (Wildman–Crippen LogP) is 6.60. The van der Waals surface area contributed by atoms with Gasteiger partial charge in [-0.25, -0.2) is 4.98 Å². The predicted molar refractivity (Wildman–Crippen MR) is 136 cm³/mol. The number of aromatic nitrogens is 2. The molecule has 5 aromatic rings. The molecule has 0 saturated carbocycles. The maximum atomic E-state index is 13.1. The van der Waals surface area contributed by atoms with Gasteiger partial charge in [0.05, 0.1) is 5.69 Å². The maximum absolute atomic E-state index is 13.1. The number of carbonyl (C=O) groups is 1. The van der Waals surface area contributed by atoms with Crippen LogP contribution in [0.15, 0.2) is 54.6 Å². The van der Waals surface area contributed by atoms with Crippen molar-refractivity contribution in [1.82, 2.24) is 9.55 Å². The van der Waals surface area contributed by atoms with Crippen molar-refractivity contribution in [3.05, 3.63) is 65.2 Å². The number of fused-ring (bicyclic) bond motifs is 4. The van der Waals surface area contributed by atoms with Gasteiger partial charge in [0, 0.05) is 45.1 Å². The van der Waals surface area contributed by atoms with Crippen molar-refractivity contribution < 1.29 is 4.79 Å². The molecule has 1 amide bonds. The highest BCUT2D eigenvalue weighted by molar-refractivity contribution is 7.21. The number of anilines is 2. The first kappa shape index (κ1) is 20.5. The Morgan fingerprint density at radius 2 is 1.84 bits per heavy atom. The van der Waals surface area contributed by atoms with Crippen molar-refractivity contribution in [2.75, 3.05) is 11.1 Å². The Labute approximate surface area is 190 Å². The number of rotatable bonds is 6. The lowest BCUT2D eigenvalue weighted by Gasteiger charge is -2.06. The fraction of sp³-hybridized carbons (Fsp3) is 0.231. The third-order valence-electron chi connectivity index (χ3n) is 5.99. The third-order valence-corrected chi connectivity index (χ3v) is 7.10. The molecule has 0 fully saturated rings. The van der Waals surface area contributed by atoms with E-state index < -0.39 is 0 Å². The summed E-state index contributed by atoms with van der Waals surface area (Å²) in [5.41, 5.74) is 11.0. The molecule has 6 heteroatoms. The van der Waals surface area contributed by atoms with Crippen LogP contribution in [0.1, 0.15) is 42.1 Å². The lowest BCUT2D eigenvalue weighted by molar-refractivity contribution is 0.103. The molecule has 0 bridgehead atoms. The molecule has 3 N–H and O–H groups in total. The number of unbranched alkanes of at least 4 members (excludes halogenated alkanes) is 1. The molecule has 0 unspecified atom stereocenters. The number of nitrogens with zero attached hydrogens (tertiary/aromatic N) is 2. The summed E-state index contributed by atoms with van der Waals surface area (Å²) >= 11 is 1.36. The standard InChI is InChI=1S/C26H26N4OS/c1-3-5-8-16-11-13-19-23(27)24(32-26(19)29-16)25(31)28-17-12-14-22-20(15-17)18-9-6-7-10-21(18)30(22)4-2/h6-7,9-15H,3-5,8,27H2,1-2H3,(H,28,31). The Morgan fingerprint density at radius 1 is 1.03 bits per heavy atom. The first-order valence-electron chi connectivity index (χ1n) is 11.1. The smallest absolute Gasteiger partial charge is 0.267 e. The van der Waals surface area contributed by atoms with Crippen LogP contribution >= 0.6 is 11.3 Å². The van der Waals surface area contributed by atoms with E-state index in [0.717, 1.165) is 58.3 Å². The van der Waals surface area contributed by atoms with Gasteiger partial charge >= 0.3 is 0 Å². The van der Waals surface area contributed by atoms with Gasteiger partial charge in [-0.2, -0.15) is 0 Å². The number of pyridine rings is 1. The fourth-order valence-electron chi connectivity index (χ4n) is 4.36. The van der Waals surface area contributed by atoms with Crippen molar-refractivity contribution in [2.24, 2.45) is 0 Å². The Morgan fingerprint density at radius 3 is 2.66 bits per heavy atom. The monoisotopic (exact) mass is 442 g/mol. The second-order valence-corrected chi connectivity index (χ2v) is 9.05. The highest BCUT2D eigenvalue weighted by Crippen LogP contribution is 2.34. The van der Waals surface area contributed by atoms with Gasteiger partial charge < -0.3 is 15.6 Å². The van der Waals surface area contributed by atoms with Crippen LogP contribution < -0.4 is 11.1 Å². The lowest BCUT2D eigenvalue weighted by atomic mass is 10.1. The minimum atomic E-state index is -0.195. The zero-order chi connectivity index (χ0) is 22.2. The Kier molecular flexibility index (Phi) is 5.31. The fourth-order valence-corrected chi connectivity index (χ4v) is 5.37. The van der Waals surface area contributed by atoms with Crippen molar-refractivity contribution >= 4 is 60.6 Å². The molecule has 5 nitrogen and oxygen atoms in total. The van der Waals surface area contributed by atoms with E-state index in [1.54, 1.807) is 0 Å². The number of nitrogens with one attached hydrogen (secondary N) is 1. The Balaban J connectivity index is 1.48. The summed E-state index contributed by atoms with van der Waals surface area (Å²) in [4.78, 5) is 19.2. The number of hydrogen-bond acceptors (Lipinski definition) is 4. The van der Waals surface area contributed by atoms with E-state index >= 15 is 0 Å². The lowest BCUT2D eigenvalue weighted by Crippen LogP contribution is -2.11. The number of aryl methyl sites for hydroxylation is 2. The zero-order valence-electron chi connectivity index (χ0n) is 18.3. The Hall–Kier alpha value is -3.38. The molecule has 0 atom stereocenters. The topological polar surface area (TPSA) is 72.9 Å². The minimum Gasteiger partial charge on any atom is -0.397 e. The van der Waals surface area contributed by atoms with E-state index in [-0.39, 0.29) is 5.91 Å². The van der Waals surface area contributed by atoms with Crippen molar-refractivity contribution in [1.29, 1.82) is 0 Å². The van der Waals surface area contributed by atoms with Gasteiger partial charge in [-0.15, -0.1) is 11.3 Å². The molecule has 5 rings (SSSR count). The summed E-state index contributed by atoms with van der Waals surface area (Å²) in [5, 5.41) is 6.21. The molecule has 3 aromatic heterocycles. The molecule has 162 valence electrons. The number of carbonyl (C=O) groups excluding carboxylic acids is 1. The molecule has 32 heavy (non-hydrogen) atoms. The van der Waals surface area contributed by atoms with E-state index in [1.165, 1.54) is 22.2 Å². The molecule has 0 radical (unpaired) electrons. The average molecular weight is 443 g/mol. The molecule has 3 heterocycles. The average Bonchev–Trinajstić information content (AvgIpc) is 3.31. The van der Waals surface area contributed by atoms with Gasteiger partial charge in [0.2, 0.25) is 0 Å². The Bertz CT molecular complexity index is 1460. The number of hydrogen-bond donors (Lipinski definition) is 2. The molecule has 0 aliphatic rings. The highest BCUT2D eigenvalue weighted by Gasteiger charge is 2.18. The molecule has 0 aliphatic heterocycles. The van der Waals surface area contributed by atoms with Crippen LogP contribution in [0.4, 0.5) is 11.4 Å². The number of nitrogens with two attached hydrogens (primary N) is 1. The summed E-state index contributed by atoms with van der Waals surface area (Å²) in [6, 6.07) is 18.4. The van der Waals surface area contributed by atoms with Crippen LogP contribution in [0.25, 0.3) is 32.0 Å². The number of thiophene rings is 1. The van der Waals surface area contributed by atoms with Gasteiger partial charge in [-0.05, 0) is 56.2 Å². The van der Waals surface area contributed by atoms with Crippen molar-refractivity contribution in [2.45, 2.75) is 39.7 Å². The molecule has 0 aliphatic carbocycles. The highest BCUT2D eigenvalue weighted by atomic mass is 32.1. The summed E-state index contributed by atoms with van der Waals surface area (Å²) in [5.74, 6) is -0.195. The largest absolute Gasteiger partial charge is 0.397 e. The molecule has 0 spiro atoms. The van der Waals surface area contributed by atoms with Crippen molar-refractivity contribution in [3.8, 4) is 0 Å². The normalized spacial score (nSPS) is 11.6. The van der Waals surface area contributed by atoms with Crippen LogP contribution in [0.2, 0.25) is 0 Å². The van der Waals surface area contributed by atoms with Gasteiger partial charge in [-0.3, -0.25) is 4.79 Å². The maximum Gasteiger partial charge on any atom is 0.267 e. The summed E-state index contributed by atoms with van der Waals surface area (Å²) < 4.78 is 2.29. The van der Waals surface area contributed by atoms with E-state index in [2.05, 4.69) is 48.0 Å². The van der Waals surface area contributed by atoms with Gasteiger partial charge in [0.25, 0.3) is 5.91 Å². The van der Waals surface area contributed by atoms with Gasteiger partial charge in [0.15, 0.2) is 0 Å². The molecule has 2 aromatic carbocycles. The minimum absolute atomic E-state index is 0.195. The number of nitrogen functional groups attached to an aromatic ring is 1. The molecule has 0 saturated heterocycles. The number of benzene rings is 2. The van der Waals surface area contributed by atoms with Crippen LogP contribution in [-0.4, -0.2) is 15.5 Å². The molecular weight excluding hydrogens is 416 g/mol. The summed E-state index contributed by atoms with van der Waals surface area (Å²) in [7, 11) is 0. The van der Waals surface area contributed by atoms with Crippen LogP contribution in [-0.2, 0) is 13.0 Å². The van der Waals surface area contributed by atoms with Crippen molar-refractivity contribution in [3.63, 3.8) is 0 Å². The third kappa shape index (κ3) is 3.41. The van der Waals surface area contributed by atoms with E-state index in [9.17, 15) is 4.79 Å². The first-order valence-corrected chi connectivity index (χ1v) is 11.9. The van der Waals surface area contributed by atoms with E-state index in [4.69, 9.17) is 10.7 Å². The first-order chi connectivity index (χ1) is 15.6. The van der Waals surface area contributed by atoms with Crippen LogP contribution in [0.5, 0.6) is 0 Å². The van der Waals surface area contributed by atoms with Gasteiger partial charge in [0.1, 0.15) is 9.71 Å². The number of para-hydroxylation sites is 1. The van der Waals surface area contributed by atoms with Gasteiger partial charge in [-0.1, -0.05) is 31.5 Å². The zero-order valence-corrected chi connectivity index (χ0v) is 19.1. The van der Waals surface area contributed by atoms with Crippen LogP contribution in [0, 0.1) is 0 Å². The summed E-state index contributed by atoms with van der Waals surface area (Å²) in [6.45, 7) is 5.20.